The summed E-state index contributed by atoms with van der Waals surface area (Å²) < 4.78 is 1.37. The van der Waals surface area contributed by atoms with E-state index in [-0.39, 0.29) is 12.6 Å². The van der Waals surface area contributed by atoms with Crippen molar-refractivity contribution in [2.24, 2.45) is 0 Å². The van der Waals surface area contributed by atoms with Gasteiger partial charge in [-0.3, -0.25) is 4.90 Å². The van der Waals surface area contributed by atoms with Gasteiger partial charge < -0.3 is 5.11 Å². The van der Waals surface area contributed by atoms with Crippen LogP contribution in [0.1, 0.15) is 22.0 Å². The van der Waals surface area contributed by atoms with Crippen LogP contribution in [0.25, 0.3) is 10.1 Å². The van der Waals surface area contributed by atoms with Crippen LogP contribution in [-0.2, 0) is 6.42 Å². The SMILES string of the molecule is OCCN1CCc2c(sc3ccccc23)C1c1ccccc1. The summed E-state index contributed by atoms with van der Waals surface area (Å²) in [5.74, 6) is 0. The zero-order chi connectivity index (χ0) is 14.9. The number of β-amino-alcohol motifs (C(OH)–C–C–N with tert-alkyl or cyclic N) is 1. The molecule has 0 spiro atoms. The zero-order valence-corrected chi connectivity index (χ0v) is 13.2. The van der Waals surface area contributed by atoms with Crippen molar-refractivity contribution in [2.75, 3.05) is 19.7 Å². The van der Waals surface area contributed by atoms with Gasteiger partial charge in [0.25, 0.3) is 0 Å². The number of fused-ring (bicyclic) bond motifs is 3. The third kappa shape index (κ3) is 2.26. The molecule has 2 heterocycles. The molecule has 2 nitrogen and oxygen atoms in total. The summed E-state index contributed by atoms with van der Waals surface area (Å²) in [5, 5.41) is 10.8. The minimum Gasteiger partial charge on any atom is -0.395 e. The van der Waals surface area contributed by atoms with E-state index in [0.29, 0.717) is 0 Å². The van der Waals surface area contributed by atoms with Crippen LogP contribution in [0, 0.1) is 0 Å². The highest BCUT2D eigenvalue weighted by molar-refractivity contribution is 7.19. The summed E-state index contributed by atoms with van der Waals surface area (Å²) in [5.41, 5.74) is 2.83. The van der Waals surface area contributed by atoms with E-state index in [2.05, 4.69) is 59.5 Å². The number of rotatable bonds is 3. The quantitative estimate of drug-likeness (QED) is 0.794. The maximum atomic E-state index is 9.43. The van der Waals surface area contributed by atoms with Gasteiger partial charge in [0, 0.05) is 22.7 Å². The molecule has 1 aliphatic heterocycles. The van der Waals surface area contributed by atoms with Crippen LogP contribution >= 0.6 is 11.3 Å². The molecule has 0 aliphatic carbocycles. The van der Waals surface area contributed by atoms with E-state index < -0.39 is 0 Å². The van der Waals surface area contributed by atoms with E-state index in [0.717, 1.165) is 19.5 Å². The Labute approximate surface area is 134 Å². The van der Waals surface area contributed by atoms with Gasteiger partial charge in [-0.1, -0.05) is 48.5 Å². The van der Waals surface area contributed by atoms with Crippen molar-refractivity contribution in [3.8, 4) is 0 Å². The highest BCUT2D eigenvalue weighted by atomic mass is 32.1. The van der Waals surface area contributed by atoms with Crippen LogP contribution in [0.3, 0.4) is 0 Å². The van der Waals surface area contributed by atoms with Gasteiger partial charge in [-0.15, -0.1) is 11.3 Å². The largest absolute Gasteiger partial charge is 0.395 e. The van der Waals surface area contributed by atoms with Crippen LogP contribution in [0.4, 0.5) is 0 Å². The molecular weight excluding hydrogens is 290 g/mol. The maximum Gasteiger partial charge on any atom is 0.0700 e. The van der Waals surface area contributed by atoms with Crippen molar-refractivity contribution in [3.63, 3.8) is 0 Å². The fourth-order valence-electron chi connectivity index (χ4n) is 3.51. The summed E-state index contributed by atoms with van der Waals surface area (Å²) in [4.78, 5) is 3.86. The van der Waals surface area contributed by atoms with Gasteiger partial charge >= 0.3 is 0 Å². The summed E-state index contributed by atoms with van der Waals surface area (Å²) in [6.45, 7) is 1.95. The second-order valence-corrected chi connectivity index (χ2v) is 6.85. The molecule has 0 amide bonds. The molecule has 0 saturated carbocycles. The number of benzene rings is 2. The topological polar surface area (TPSA) is 23.5 Å². The molecule has 1 aromatic heterocycles. The van der Waals surface area contributed by atoms with Crippen molar-refractivity contribution in [1.29, 1.82) is 0 Å². The van der Waals surface area contributed by atoms with Gasteiger partial charge in [0.2, 0.25) is 0 Å². The number of aliphatic hydroxyl groups excluding tert-OH is 1. The van der Waals surface area contributed by atoms with Gasteiger partial charge in [0.05, 0.1) is 12.6 Å². The van der Waals surface area contributed by atoms with Crippen molar-refractivity contribution in [1.82, 2.24) is 4.90 Å². The molecule has 1 atom stereocenters. The predicted molar refractivity (Wildman–Crippen MR) is 92.5 cm³/mol. The van der Waals surface area contributed by atoms with Gasteiger partial charge in [-0.25, -0.2) is 0 Å². The number of hydrogen-bond acceptors (Lipinski definition) is 3. The molecule has 0 fully saturated rings. The fourth-order valence-corrected chi connectivity index (χ4v) is 4.93. The lowest BCUT2D eigenvalue weighted by atomic mass is 9.93. The number of aliphatic hydroxyl groups is 1. The highest BCUT2D eigenvalue weighted by Gasteiger charge is 2.31. The highest BCUT2D eigenvalue weighted by Crippen LogP contribution is 2.43. The van der Waals surface area contributed by atoms with Crippen LogP contribution in [0.15, 0.2) is 54.6 Å². The van der Waals surface area contributed by atoms with Gasteiger partial charge in [-0.2, -0.15) is 0 Å². The maximum absolute atomic E-state index is 9.43. The average Bonchev–Trinajstić information content (AvgIpc) is 2.94. The minimum absolute atomic E-state index is 0.212. The van der Waals surface area contributed by atoms with Crippen LogP contribution in [-0.4, -0.2) is 29.7 Å². The molecule has 22 heavy (non-hydrogen) atoms. The third-order valence-corrected chi connectivity index (χ3v) is 5.76. The monoisotopic (exact) mass is 309 g/mol. The number of nitrogens with zero attached hydrogens (tertiary/aromatic N) is 1. The Morgan fingerprint density at radius 2 is 1.82 bits per heavy atom. The van der Waals surface area contributed by atoms with E-state index in [9.17, 15) is 5.11 Å². The van der Waals surface area contributed by atoms with Crippen molar-refractivity contribution in [3.05, 3.63) is 70.6 Å². The van der Waals surface area contributed by atoms with E-state index in [4.69, 9.17) is 0 Å². The molecule has 3 aromatic rings. The van der Waals surface area contributed by atoms with E-state index in [1.165, 1.54) is 26.1 Å². The van der Waals surface area contributed by atoms with E-state index in [1.807, 2.05) is 11.3 Å². The first kappa shape index (κ1) is 13.9. The normalized spacial score (nSPS) is 18.5. The lowest BCUT2D eigenvalue weighted by Crippen LogP contribution is -2.37. The molecule has 0 bridgehead atoms. The molecule has 1 N–H and O–H groups in total. The van der Waals surface area contributed by atoms with Gasteiger partial charge in [0.15, 0.2) is 0 Å². The number of hydrogen-bond donors (Lipinski definition) is 1. The van der Waals surface area contributed by atoms with E-state index in [1.54, 1.807) is 0 Å². The summed E-state index contributed by atoms with van der Waals surface area (Å²) in [6, 6.07) is 19.7. The van der Waals surface area contributed by atoms with Crippen molar-refractivity contribution >= 4 is 21.4 Å². The van der Waals surface area contributed by atoms with Crippen molar-refractivity contribution < 1.29 is 5.11 Å². The Bertz CT molecular complexity index is 780. The molecular formula is C19H19NOS. The fraction of sp³-hybridized carbons (Fsp3) is 0.263. The average molecular weight is 309 g/mol. The molecule has 112 valence electrons. The van der Waals surface area contributed by atoms with Crippen molar-refractivity contribution in [2.45, 2.75) is 12.5 Å². The molecule has 1 unspecified atom stereocenters. The predicted octanol–water partition coefficient (Wildman–Crippen LogP) is 3.84. The Morgan fingerprint density at radius 3 is 2.64 bits per heavy atom. The van der Waals surface area contributed by atoms with Crippen LogP contribution < -0.4 is 0 Å². The zero-order valence-electron chi connectivity index (χ0n) is 12.4. The molecule has 2 aromatic carbocycles. The standard InChI is InChI=1S/C19H19NOS/c21-13-12-20-11-10-16-15-8-4-5-9-17(15)22-19(16)18(20)14-6-2-1-3-7-14/h1-9,18,21H,10-13H2. The smallest absolute Gasteiger partial charge is 0.0700 e. The summed E-state index contributed by atoms with van der Waals surface area (Å²) in [6.07, 6.45) is 1.07. The second-order valence-electron chi connectivity index (χ2n) is 5.76. The molecule has 3 heteroatoms. The third-order valence-electron chi connectivity index (χ3n) is 4.49. The Kier molecular flexibility index (Phi) is 3.70. The Balaban J connectivity index is 1.89. The second kappa shape index (κ2) is 5.84. The first-order valence-corrected chi connectivity index (χ1v) is 8.60. The molecule has 4 rings (SSSR count). The summed E-state index contributed by atoms with van der Waals surface area (Å²) in [7, 11) is 0. The van der Waals surface area contributed by atoms with Gasteiger partial charge in [0.1, 0.15) is 0 Å². The van der Waals surface area contributed by atoms with Crippen LogP contribution in [0.5, 0.6) is 0 Å². The first-order valence-electron chi connectivity index (χ1n) is 7.78. The molecule has 0 radical (unpaired) electrons. The first-order chi connectivity index (χ1) is 10.9. The Morgan fingerprint density at radius 1 is 1.05 bits per heavy atom. The Hall–Kier alpha value is -1.68. The summed E-state index contributed by atoms with van der Waals surface area (Å²) >= 11 is 1.91. The molecule has 1 aliphatic rings. The van der Waals surface area contributed by atoms with Gasteiger partial charge in [-0.05, 0) is 29.0 Å². The number of thiophene rings is 1. The molecule has 0 saturated heterocycles. The van der Waals surface area contributed by atoms with E-state index >= 15 is 0 Å². The lowest BCUT2D eigenvalue weighted by molar-refractivity contribution is 0.163. The minimum atomic E-state index is 0.212. The lowest BCUT2D eigenvalue weighted by Gasteiger charge is -2.35. The van der Waals surface area contributed by atoms with Crippen LogP contribution in [0.2, 0.25) is 0 Å².